The molecule has 0 atom stereocenters. The molecular weight excluding hydrogens is 234 g/mol. The zero-order valence-electron chi connectivity index (χ0n) is 11.4. The molecule has 2 nitrogen and oxygen atoms in total. The van der Waals surface area contributed by atoms with E-state index in [0.717, 1.165) is 18.9 Å². The Labute approximate surface area is 114 Å². The van der Waals surface area contributed by atoms with Crippen molar-refractivity contribution in [3.63, 3.8) is 0 Å². The second-order valence-corrected chi connectivity index (χ2v) is 5.22. The van der Waals surface area contributed by atoms with Crippen molar-refractivity contribution in [2.24, 2.45) is 0 Å². The Kier molecular flexibility index (Phi) is 3.03. The van der Waals surface area contributed by atoms with Crippen LogP contribution in [0.15, 0.2) is 48.5 Å². The van der Waals surface area contributed by atoms with Crippen LogP contribution in [0.2, 0.25) is 0 Å². The molecular formula is C17H19NO. The zero-order chi connectivity index (χ0) is 13.3. The zero-order valence-corrected chi connectivity index (χ0v) is 11.4. The van der Waals surface area contributed by atoms with Gasteiger partial charge < -0.3 is 10.1 Å². The van der Waals surface area contributed by atoms with E-state index < -0.39 is 0 Å². The van der Waals surface area contributed by atoms with Crippen molar-refractivity contribution >= 4 is 5.69 Å². The van der Waals surface area contributed by atoms with E-state index in [9.17, 15) is 0 Å². The third kappa shape index (κ3) is 1.92. The molecule has 1 aliphatic heterocycles. The summed E-state index contributed by atoms with van der Waals surface area (Å²) in [7, 11) is 1.96. The molecule has 19 heavy (non-hydrogen) atoms. The van der Waals surface area contributed by atoms with Crippen molar-refractivity contribution < 1.29 is 4.74 Å². The van der Waals surface area contributed by atoms with Gasteiger partial charge in [-0.2, -0.15) is 0 Å². The van der Waals surface area contributed by atoms with Crippen molar-refractivity contribution in [1.82, 2.24) is 0 Å². The Morgan fingerprint density at radius 3 is 2.47 bits per heavy atom. The number of hydrogen-bond acceptors (Lipinski definition) is 2. The maximum absolute atomic E-state index is 5.56. The minimum Gasteiger partial charge on any atom is -0.388 e. The van der Waals surface area contributed by atoms with Crippen LogP contribution in [0, 0.1) is 6.92 Å². The molecule has 0 bridgehead atoms. The number of benzene rings is 2. The fourth-order valence-electron chi connectivity index (χ4n) is 2.87. The Morgan fingerprint density at radius 1 is 1.05 bits per heavy atom. The SMILES string of the molecule is CNc1cccc(C2(c3ccccc3C)COC2)c1. The molecule has 0 saturated carbocycles. The minimum absolute atomic E-state index is 0.0260. The van der Waals surface area contributed by atoms with Crippen LogP contribution < -0.4 is 5.32 Å². The van der Waals surface area contributed by atoms with Crippen molar-refractivity contribution in [2.75, 3.05) is 25.6 Å². The van der Waals surface area contributed by atoms with Gasteiger partial charge in [0.25, 0.3) is 0 Å². The lowest BCUT2D eigenvalue weighted by molar-refractivity contribution is -0.0382. The van der Waals surface area contributed by atoms with Crippen LogP contribution in [0.3, 0.4) is 0 Å². The number of hydrogen-bond donors (Lipinski definition) is 1. The summed E-state index contributed by atoms with van der Waals surface area (Å²) in [4.78, 5) is 0. The van der Waals surface area contributed by atoms with Crippen LogP contribution in [0.1, 0.15) is 16.7 Å². The summed E-state index contributed by atoms with van der Waals surface area (Å²) in [6, 6.07) is 17.3. The second-order valence-electron chi connectivity index (χ2n) is 5.22. The van der Waals surface area contributed by atoms with Gasteiger partial charge in [-0.05, 0) is 35.7 Å². The van der Waals surface area contributed by atoms with Gasteiger partial charge >= 0.3 is 0 Å². The number of nitrogens with one attached hydrogen (secondary N) is 1. The first kappa shape index (κ1) is 12.2. The van der Waals surface area contributed by atoms with Gasteiger partial charge in [-0.25, -0.2) is 0 Å². The Bertz CT molecular complexity index is 587. The Hall–Kier alpha value is -1.80. The number of ether oxygens (including phenoxy) is 1. The average molecular weight is 253 g/mol. The number of aryl methyl sites for hydroxylation is 1. The predicted octanol–water partition coefficient (Wildman–Crippen LogP) is 3.35. The van der Waals surface area contributed by atoms with E-state index in [1.54, 1.807) is 0 Å². The molecule has 1 aliphatic rings. The first-order valence-corrected chi connectivity index (χ1v) is 6.68. The largest absolute Gasteiger partial charge is 0.388 e. The predicted molar refractivity (Wildman–Crippen MR) is 78.8 cm³/mol. The summed E-state index contributed by atoms with van der Waals surface area (Å²) >= 11 is 0. The fraction of sp³-hybridized carbons (Fsp3) is 0.294. The van der Waals surface area contributed by atoms with Crippen molar-refractivity contribution in [3.8, 4) is 0 Å². The van der Waals surface area contributed by atoms with E-state index in [0.29, 0.717) is 0 Å². The van der Waals surface area contributed by atoms with E-state index in [1.807, 2.05) is 7.05 Å². The third-order valence-electron chi connectivity index (χ3n) is 4.06. The summed E-state index contributed by atoms with van der Waals surface area (Å²) in [5.41, 5.74) is 5.23. The summed E-state index contributed by atoms with van der Waals surface area (Å²) in [6.45, 7) is 3.72. The Morgan fingerprint density at radius 2 is 1.84 bits per heavy atom. The molecule has 0 aliphatic carbocycles. The van der Waals surface area contributed by atoms with Crippen LogP contribution in [0.4, 0.5) is 5.69 Å². The van der Waals surface area contributed by atoms with Gasteiger partial charge in [0.15, 0.2) is 0 Å². The molecule has 0 amide bonds. The van der Waals surface area contributed by atoms with Gasteiger partial charge in [0.1, 0.15) is 0 Å². The van der Waals surface area contributed by atoms with Gasteiger partial charge in [-0.1, -0.05) is 36.4 Å². The highest BCUT2D eigenvalue weighted by molar-refractivity contribution is 5.52. The molecule has 0 radical (unpaired) electrons. The molecule has 98 valence electrons. The standard InChI is InChI=1S/C17H19NO/c1-13-6-3-4-9-16(13)17(11-19-12-17)14-7-5-8-15(10-14)18-2/h3-10,18H,11-12H2,1-2H3. The normalized spacial score (nSPS) is 16.7. The van der Waals surface area contributed by atoms with E-state index in [-0.39, 0.29) is 5.41 Å². The summed E-state index contributed by atoms with van der Waals surface area (Å²) in [5, 5.41) is 3.21. The van der Waals surface area contributed by atoms with Gasteiger partial charge in [-0.15, -0.1) is 0 Å². The van der Waals surface area contributed by atoms with Crippen LogP contribution in [0.5, 0.6) is 0 Å². The molecule has 1 N–H and O–H groups in total. The maximum Gasteiger partial charge on any atom is 0.0673 e. The van der Waals surface area contributed by atoms with E-state index >= 15 is 0 Å². The quantitative estimate of drug-likeness (QED) is 0.905. The maximum atomic E-state index is 5.56. The molecule has 2 heteroatoms. The minimum atomic E-state index is 0.0260. The van der Waals surface area contributed by atoms with Crippen molar-refractivity contribution in [3.05, 3.63) is 65.2 Å². The highest BCUT2D eigenvalue weighted by Crippen LogP contribution is 2.41. The lowest BCUT2D eigenvalue weighted by Crippen LogP contribution is -2.48. The van der Waals surface area contributed by atoms with E-state index in [2.05, 4.69) is 60.8 Å². The molecule has 1 saturated heterocycles. The van der Waals surface area contributed by atoms with Crippen LogP contribution in [-0.4, -0.2) is 20.3 Å². The van der Waals surface area contributed by atoms with Crippen molar-refractivity contribution in [2.45, 2.75) is 12.3 Å². The van der Waals surface area contributed by atoms with Gasteiger partial charge in [0.05, 0.1) is 18.6 Å². The number of anilines is 1. The molecule has 2 aromatic carbocycles. The highest BCUT2D eigenvalue weighted by atomic mass is 16.5. The second kappa shape index (κ2) is 4.71. The first-order chi connectivity index (χ1) is 9.26. The molecule has 1 heterocycles. The molecule has 1 fully saturated rings. The monoisotopic (exact) mass is 253 g/mol. The first-order valence-electron chi connectivity index (χ1n) is 6.68. The molecule has 2 aromatic rings. The lowest BCUT2D eigenvalue weighted by atomic mass is 9.71. The summed E-state index contributed by atoms with van der Waals surface area (Å²) < 4.78 is 5.56. The van der Waals surface area contributed by atoms with Crippen molar-refractivity contribution in [1.29, 1.82) is 0 Å². The summed E-state index contributed by atoms with van der Waals surface area (Å²) in [5.74, 6) is 0. The lowest BCUT2D eigenvalue weighted by Gasteiger charge is -2.43. The molecule has 0 spiro atoms. The molecule has 3 rings (SSSR count). The fourth-order valence-corrected chi connectivity index (χ4v) is 2.87. The molecule has 0 unspecified atom stereocenters. The van der Waals surface area contributed by atoms with Gasteiger partial charge in [0, 0.05) is 12.7 Å². The van der Waals surface area contributed by atoms with Crippen LogP contribution in [0.25, 0.3) is 0 Å². The van der Waals surface area contributed by atoms with E-state index in [4.69, 9.17) is 4.74 Å². The summed E-state index contributed by atoms with van der Waals surface area (Å²) in [6.07, 6.45) is 0. The van der Waals surface area contributed by atoms with Crippen LogP contribution in [-0.2, 0) is 10.2 Å². The highest BCUT2D eigenvalue weighted by Gasteiger charge is 2.42. The van der Waals surface area contributed by atoms with E-state index in [1.165, 1.54) is 16.7 Å². The third-order valence-corrected chi connectivity index (χ3v) is 4.06. The van der Waals surface area contributed by atoms with Crippen LogP contribution >= 0.6 is 0 Å². The number of rotatable bonds is 3. The average Bonchev–Trinajstić information content (AvgIpc) is 2.40. The smallest absolute Gasteiger partial charge is 0.0673 e. The van der Waals surface area contributed by atoms with Gasteiger partial charge in [-0.3, -0.25) is 0 Å². The Balaban J connectivity index is 2.11. The molecule has 0 aromatic heterocycles. The topological polar surface area (TPSA) is 21.3 Å². The van der Waals surface area contributed by atoms with Gasteiger partial charge in [0.2, 0.25) is 0 Å².